The van der Waals surface area contributed by atoms with Gasteiger partial charge in [-0.15, -0.1) is 0 Å². The maximum Gasteiger partial charge on any atom is 0.269 e. The van der Waals surface area contributed by atoms with Crippen molar-refractivity contribution in [1.29, 1.82) is 0 Å². The van der Waals surface area contributed by atoms with Crippen LogP contribution in [0.2, 0.25) is 0 Å². The van der Waals surface area contributed by atoms with Crippen molar-refractivity contribution in [2.75, 3.05) is 13.2 Å². The fourth-order valence-electron chi connectivity index (χ4n) is 4.68. The Morgan fingerprint density at radius 2 is 1.31 bits per heavy atom. The van der Waals surface area contributed by atoms with E-state index in [1.165, 1.54) is 22.3 Å². The zero-order chi connectivity index (χ0) is 26.3. The highest BCUT2D eigenvalue weighted by Gasteiger charge is 2.18. The molecule has 5 nitrogen and oxygen atoms in total. The molecule has 3 rings (SSSR count). The summed E-state index contributed by atoms with van der Waals surface area (Å²) in [7, 11) is 0. The van der Waals surface area contributed by atoms with E-state index < -0.39 is 0 Å². The van der Waals surface area contributed by atoms with Crippen LogP contribution in [0.25, 0.3) is 11.1 Å². The fourth-order valence-corrected chi connectivity index (χ4v) is 4.68. The molecule has 0 aliphatic heterocycles. The number of nitrogens with zero attached hydrogens (tertiary/aromatic N) is 1. The molecule has 0 heterocycles. The summed E-state index contributed by atoms with van der Waals surface area (Å²) < 4.78 is 4.83. The van der Waals surface area contributed by atoms with Gasteiger partial charge in [-0.25, -0.2) is 0 Å². The van der Waals surface area contributed by atoms with Gasteiger partial charge < -0.3 is 9.84 Å². The molecule has 1 atom stereocenters. The topological polar surface area (TPSA) is 72.6 Å². The maximum absolute atomic E-state index is 11.2. The molecular formula is C30H39NO4. The number of aromatic hydroxyl groups is 1. The number of nitro groups is 1. The lowest BCUT2D eigenvalue weighted by atomic mass is 9.84. The van der Waals surface area contributed by atoms with Gasteiger partial charge >= 0.3 is 0 Å². The van der Waals surface area contributed by atoms with E-state index in [2.05, 4.69) is 32.9 Å². The average Bonchev–Trinajstić information content (AvgIpc) is 2.77. The van der Waals surface area contributed by atoms with Crippen LogP contribution in [-0.2, 0) is 11.2 Å². The lowest BCUT2D eigenvalue weighted by molar-refractivity contribution is -0.384. The van der Waals surface area contributed by atoms with Gasteiger partial charge in [-0.2, -0.15) is 0 Å². The Labute approximate surface area is 209 Å². The van der Waals surface area contributed by atoms with Crippen LogP contribution in [0.5, 0.6) is 5.75 Å². The third-order valence-corrected chi connectivity index (χ3v) is 6.36. The number of hydrogen-bond acceptors (Lipinski definition) is 4. The smallest absolute Gasteiger partial charge is 0.269 e. The van der Waals surface area contributed by atoms with E-state index in [4.69, 9.17) is 4.74 Å². The number of non-ortho nitro benzene ring substituents is 1. The molecule has 0 saturated carbocycles. The highest BCUT2D eigenvalue weighted by atomic mass is 16.6. The molecule has 0 aliphatic rings. The van der Waals surface area contributed by atoms with Gasteiger partial charge in [0.15, 0.2) is 0 Å². The minimum absolute atomic E-state index is 0.138. The quantitative estimate of drug-likeness (QED) is 0.277. The minimum Gasteiger partial charge on any atom is -0.508 e. The van der Waals surface area contributed by atoms with E-state index in [1.807, 2.05) is 46.8 Å². The third-order valence-electron chi connectivity index (χ3n) is 6.36. The first-order valence-corrected chi connectivity index (χ1v) is 12.2. The minimum atomic E-state index is -0.334. The van der Waals surface area contributed by atoms with E-state index in [9.17, 15) is 15.2 Å². The first-order valence-electron chi connectivity index (χ1n) is 12.2. The second-order valence-corrected chi connectivity index (χ2v) is 9.24. The lowest BCUT2D eigenvalue weighted by Gasteiger charge is -2.20. The highest BCUT2D eigenvalue weighted by molar-refractivity contribution is 5.78. The number of nitro benzene ring substituents is 1. The van der Waals surface area contributed by atoms with Gasteiger partial charge in [-0.1, -0.05) is 25.1 Å². The average molecular weight is 478 g/mol. The van der Waals surface area contributed by atoms with Crippen LogP contribution in [0.1, 0.15) is 65.6 Å². The number of ether oxygens (including phenoxy) is 1. The monoisotopic (exact) mass is 477 g/mol. The zero-order valence-corrected chi connectivity index (χ0v) is 22.4. The van der Waals surface area contributed by atoms with Crippen LogP contribution in [0.4, 0.5) is 5.69 Å². The molecule has 5 heteroatoms. The van der Waals surface area contributed by atoms with Gasteiger partial charge in [-0.05, 0) is 123 Å². The molecule has 0 spiro atoms. The van der Waals surface area contributed by atoms with Crippen LogP contribution in [0, 0.1) is 44.7 Å². The third kappa shape index (κ3) is 7.15. The molecule has 0 saturated heterocycles. The Morgan fingerprint density at radius 3 is 1.71 bits per heavy atom. The molecule has 188 valence electrons. The Morgan fingerprint density at radius 1 is 0.829 bits per heavy atom. The SMILES string of the molecule is CCOCC.Cc1cc(O)ccc1CC(C)c1cc(C)c(-c2c(C)cc([N+](=O)[O-])cc2C)c(C)c1. The Kier molecular flexibility index (Phi) is 10.0. The van der Waals surface area contributed by atoms with Gasteiger partial charge in [-0.3, -0.25) is 10.1 Å². The number of rotatable bonds is 7. The zero-order valence-electron chi connectivity index (χ0n) is 22.4. The molecule has 0 bridgehead atoms. The van der Waals surface area contributed by atoms with Crippen molar-refractivity contribution in [1.82, 2.24) is 0 Å². The van der Waals surface area contributed by atoms with Crippen LogP contribution in [-0.4, -0.2) is 23.2 Å². The normalized spacial score (nSPS) is 11.5. The van der Waals surface area contributed by atoms with Gasteiger partial charge in [0, 0.05) is 25.3 Å². The van der Waals surface area contributed by atoms with Crippen molar-refractivity contribution in [3.8, 4) is 16.9 Å². The largest absolute Gasteiger partial charge is 0.508 e. The number of hydrogen-bond donors (Lipinski definition) is 1. The molecule has 0 amide bonds. The van der Waals surface area contributed by atoms with Gasteiger partial charge in [0.05, 0.1) is 4.92 Å². The summed E-state index contributed by atoms with van der Waals surface area (Å²) >= 11 is 0. The van der Waals surface area contributed by atoms with Crippen molar-refractivity contribution >= 4 is 5.69 Å². The van der Waals surface area contributed by atoms with Crippen molar-refractivity contribution < 1.29 is 14.8 Å². The summed E-state index contributed by atoms with van der Waals surface area (Å²) in [5.41, 5.74) is 10.2. The summed E-state index contributed by atoms with van der Waals surface area (Å²) in [5.74, 6) is 0.632. The number of aryl methyl sites for hydroxylation is 5. The number of phenolic OH excluding ortho intramolecular Hbond substituents is 1. The highest BCUT2D eigenvalue weighted by Crippen LogP contribution is 2.37. The second kappa shape index (κ2) is 12.5. The Balaban J connectivity index is 0.000000784. The van der Waals surface area contributed by atoms with E-state index in [1.54, 1.807) is 18.2 Å². The van der Waals surface area contributed by atoms with Crippen molar-refractivity contribution in [2.24, 2.45) is 0 Å². The second-order valence-electron chi connectivity index (χ2n) is 9.24. The molecule has 3 aromatic carbocycles. The molecule has 0 fully saturated rings. The molecule has 35 heavy (non-hydrogen) atoms. The van der Waals surface area contributed by atoms with Crippen molar-refractivity contribution in [3.63, 3.8) is 0 Å². The summed E-state index contributed by atoms with van der Waals surface area (Å²) in [4.78, 5) is 10.9. The van der Waals surface area contributed by atoms with Crippen LogP contribution in [0.15, 0.2) is 42.5 Å². The van der Waals surface area contributed by atoms with E-state index in [0.717, 1.165) is 47.5 Å². The summed E-state index contributed by atoms with van der Waals surface area (Å²) in [6.45, 7) is 18.0. The molecule has 0 aromatic heterocycles. The first-order chi connectivity index (χ1) is 16.5. The Bertz CT molecular complexity index is 1130. The molecule has 0 radical (unpaired) electrons. The maximum atomic E-state index is 11.2. The summed E-state index contributed by atoms with van der Waals surface area (Å²) in [6.07, 6.45) is 0.903. The summed E-state index contributed by atoms with van der Waals surface area (Å²) in [5, 5.41) is 20.8. The number of benzene rings is 3. The van der Waals surface area contributed by atoms with Gasteiger partial charge in [0.25, 0.3) is 5.69 Å². The lowest BCUT2D eigenvalue weighted by Crippen LogP contribution is -2.03. The van der Waals surface area contributed by atoms with Crippen LogP contribution >= 0.6 is 0 Å². The number of phenols is 1. The first kappa shape index (κ1) is 28.1. The van der Waals surface area contributed by atoms with Crippen molar-refractivity contribution in [3.05, 3.63) is 91.5 Å². The predicted molar refractivity (Wildman–Crippen MR) is 145 cm³/mol. The molecule has 1 N–H and O–H groups in total. The Hall–Kier alpha value is -3.18. The molecule has 1 unspecified atom stereocenters. The summed E-state index contributed by atoms with van der Waals surface area (Å²) in [6, 6.07) is 13.3. The molecule has 3 aromatic rings. The van der Waals surface area contributed by atoms with Crippen molar-refractivity contribution in [2.45, 2.75) is 67.7 Å². The van der Waals surface area contributed by atoms with Crippen LogP contribution in [0.3, 0.4) is 0 Å². The predicted octanol–water partition coefficient (Wildman–Crippen LogP) is 7.90. The van der Waals surface area contributed by atoms with Gasteiger partial charge in [0.1, 0.15) is 5.75 Å². The van der Waals surface area contributed by atoms with E-state index in [-0.39, 0.29) is 10.6 Å². The van der Waals surface area contributed by atoms with E-state index >= 15 is 0 Å². The standard InChI is InChI=1S/C26H29NO3.C4H10O/c1-15(9-21-7-8-24(28)14-16(21)2)22-10-17(3)25(18(4)11-22)26-19(5)12-23(27(29)30)13-20(26)6;1-3-5-4-2/h7-8,10-15,28H,9H2,1-6H3;3-4H2,1-2H3. The van der Waals surface area contributed by atoms with E-state index in [0.29, 0.717) is 11.7 Å². The molecular weight excluding hydrogens is 438 g/mol. The van der Waals surface area contributed by atoms with Crippen LogP contribution < -0.4 is 0 Å². The fraction of sp³-hybridized carbons (Fsp3) is 0.400. The van der Waals surface area contributed by atoms with Gasteiger partial charge in [0.2, 0.25) is 0 Å². The molecule has 0 aliphatic carbocycles.